The number of nitrogens with zero attached hydrogens (tertiary/aromatic N) is 4. The van der Waals surface area contributed by atoms with Gasteiger partial charge in [0.2, 0.25) is 0 Å². The van der Waals surface area contributed by atoms with Gasteiger partial charge in [0, 0.05) is 58.0 Å². The molecule has 37 heavy (non-hydrogen) atoms. The number of aromatic nitrogens is 3. The van der Waals surface area contributed by atoms with Crippen LogP contribution in [0.2, 0.25) is 0 Å². The Kier molecular flexibility index (Phi) is 8.25. The Morgan fingerprint density at radius 1 is 1.16 bits per heavy atom. The second-order valence-corrected chi connectivity index (χ2v) is 9.72. The van der Waals surface area contributed by atoms with Crippen molar-refractivity contribution in [3.63, 3.8) is 0 Å². The van der Waals surface area contributed by atoms with Crippen LogP contribution in [-0.4, -0.2) is 96.6 Å². The van der Waals surface area contributed by atoms with E-state index in [0.29, 0.717) is 54.8 Å². The molecule has 3 heterocycles. The van der Waals surface area contributed by atoms with Crippen molar-refractivity contribution < 1.29 is 23.0 Å². The summed E-state index contributed by atoms with van der Waals surface area (Å²) in [5.41, 5.74) is 2.37. The van der Waals surface area contributed by atoms with Crippen molar-refractivity contribution in [2.45, 2.75) is 38.7 Å². The number of ether oxygens (including phenoxy) is 2. The number of rotatable bonds is 10. The van der Waals surface area contributed by atoms with Crippen LogP contribution < -0.4 is 5.56 Å². The number of methoxy groups -OCH3 is 2. The van der Waals surface area contributed by atoms with Crippen molar-refractivity contribution in [1.82, 2.24) is 24.6 Å². The molecule has 1 N–H and O–H groups in total. The predicted molar refractivity (Wildman–Crippen MR) is 138 cm³/mol. The lowest BCUT2D eigenvalue weighted by molar-refractivity contribution is -0.0880. The molecule has 4 rings (SSSR count). The molecular weight excluding hydrogens is 484 g/mol. The van der Waals surface area contributed by atoms with Gasteiger partial charge in [0.05, 0.1) is 35.2 Å². The highest BCUT2D eigenvalue weighted by molar-refractivity contribution is 6.07. The van der Waals surface area contributed by atoms with Crippen molar-refractivity contribution in [2.24, 2.45) is 0 Å². The first-order valence-electron chi connectivity index (χ1n) is 12.6. The van der Waals surface area contributed by atoms with Gasteiger partial charge < -0.3 is 19.4 Å². The summed E-state index contributed by atoms with van der Waals surface area (Å²) >= 11 is 0. The maximum Gasteiger partial charge on any atom is 0.283 e. The maximum absolute atomic E-state index is 14.0. The third-order valence-corrected chi connectivity index (χ3v) is 7.08. The number of carbonyl (C=O) groups excluding carboxylic acids is 1. The average Bonchev–Trinajstić information content (AvgIpc) is 3.30. The smallest absolute Gasteiger partial charge is 0.283 e. The highest BCUT2D eigenvalue weighted by Gasteiger charge is 2.34. The molecule has 3 aromatic rings. The van der Waals surface area contributed by atoms with Crippen molar-refractivity contribution in [3.8, 4) is 0 Å². The fourth-order valence-electron chi connectivity index (χ4n) is 5.12. The number of hydrogen-bond acceptors (Lipinski definition) is 6. The molecule has 0 spiro atoms. The van der Waals surface area contributed by atoms with Crippen LogP contribution in [0.25, 0.3) is 21.8 Å². The van der Waals surface area contributed by atoms with Crippen molar-refractivity contribution >= 4 is 27.7 Å². The van der Waals surface area contributed by atoms with Crippen molar-refractivity contribution in [2.75, 3.05) is 60.2 Å². The van der Waals surface area contributed by atoms with E-state index < -0.39 is 19.1 Å². The van der Waals surface area contributed by atoms with Crippen LogP contribution >= 0.6 is 0 Å². The molecule has 2 aromatic heterocycles. The van der Waals surface area contributed by atoms with Crippen LogP contribution in [-0.2, 0) is 9.47 Å². The second kappa shape index (κ2) is 11.2. The zero-order chi connectivity index (χ0) is 26.7. The third-order valence-electron chi connectivity index (χ3n) is 7.08. The van der Waals surface area contributed by atoms with E-state index in [0.717, 1.165) is 23.8 Å². The number of nitrogens with one attached hydrogen (secondary N) is 1. The summed E-state index contributed by atoms with van der Waals surface area (Å²) in [6.07, 6.45) is 3.12. The first-order chi connectivity index (χ1) is 17.7. The molecular formula is C26H35F2N5O4. The van der Waals surface area contributed by atoms with Gasteiger partial charge in [0.25, 0.3) is 17.4 Å². The monoisotopic (exact) mass is 519 g/mol. The third kappa shape index (κ3) is 5.68. The summed E-state index contributed by atoms with van der Waals surface area (Å²) in [5, 5.41) is 5.75. The zero-order valence-corrected chi connectivity index (χ0v) is 21.9. The minimum atomic E-state index is -2.93. The standard InChI is InChI=1S/C26H35F2N5O4/c1-5-18(6-11-36-3)33-23-20-13-19(17(2)12-22(20)30-24(34)21(23)14-29-33)25(35)32-9-7-31(8-10-32)15-26(27,28)16-37-4/h12-14,18H,5-11,15-16H2,1-4H3,(H,30,34). The van der Waals surface area contributed by atoms with Crippen LogP contribution in [0.3, 0.4) is 0 Å². The molecule has 1 aliphatic heterocycles. The molecule has 1 unspecified atom stereocenters. The number of halogens is 2. The largest absolute Gasteiger partial charge is 0.385 e. The van der Waals surface area contributed by atoms with Crippen LogP contribution in [0.5, 0.6) is 0 Å². The van der Waals surface area contributed by atoms with E-state index in [4.69, 9.17) is 4.74 Å². The fraction of sp³-hybridized carbons (Fsp3) is 0.577. The average molecular weight is 520 g/mol. The highest BCUT2D eigenvalue weighted by Crippen LogP contribution is 2.29. The van der Waals surface area contributed by atoms with Gasteiger partial charge in [-0.25, -0.2) is 8.78 Å². The van der Waals surface area contributed by atoms with E-state index in [9.17, 15) is 18.4 Å². The predicted octanol–water partition coefficient (Wildman–Crippen LogP) is 3.21. The molecule has 0 bridgehead atoms. The molecule has 9 nitrogen and oxygen atoms in total. The molecule has 1 fully saturated rings. The van der Waals surface area contributed by atoms with Gasteiger partial charge in [-0.1, -0.05) is 6.92 Å². The lowest BCUT2D eigenvalue weighted by Gasteiger charge is -2.36. The van der Waals surface area contributed by atoms with Crippen LogP contribution in [0.4, 0.5) is 8.78 Å². The number of piperazine rings is 1. The van der Waals surface area contributed by atoms with Gasteiger partial charge in [-0.15, -0.1) is 0 Å². The number of aryl methyl sites for hydroxylation is 1. The SMILES string of the molecule is CCC(CCOC)n1ncc2c(=O)[nH]c3cc(C)c(C(=O)N4CCN(CC(F)(F)COC)CC4)cc3c21. The van der Waals surface area contributed by atoms with Crippen molar-refractivity contribution in [1.29, 1.82) is 0 Å². The van der Waals surface area contributed by atoms with Gasteiger partial charge in [-0.05, 0) is 37.5 Å². The minimum absolute atomic E-state index is 0.0345. The number of pyridine rings is 1. The molecule has 1 saturated heterocycles. The van der Waals surface area contributed by atoms with Gasteiger partial charge in [-0.2, -0.15) is 5.10 Å². The summed E-state index contributed by atoms with van der Waals surface area (Å²) in [5.74, 6) is -3.08. The van der Waals surface area contributed by atoms with Gasteiger partial charge in [0.1, 0.15) is 6.61 Å². The molecule has 1 aliphatic rings. The van der Waals surface area contributed by atoms with Gasteiger partial charge in [-0.3, -0.25) is 19.2 Å². The Labute approximate surface area is 214 Å². The minimum Gasteiger partial charge on any atom is -0.385 e. The lowest BCUT2D eigenvalue weighted by atomic mass is 10.0. The van der Waals surface area contributed by atoms with Crippen molar-refractivity contribution in [3.05, 3.63) is 39.8 Å². The summed E-state index contributed by atoms with van der Waals surface area (Å²) in [6, 6.07) is 3.68. The summed E-state index contributed by atoms with van der Waals surface area (Å²) in [7, 11) is 2.91. The van der Waals surface area contributed by atoms with Gasteiger partial charge >= 0.3 is 0 Å². The normalized spacial score (nSPS) is 16.1. The van der Waals surface area contributed by atoms with Crippen LogP contribution in [0.15, 0.2) is 23.1 Å². The van der Waals surface area contributed by atoms with E-state index in [-0.39, 0.29) is 17.5 Å². The first-order valence-corrected chi connectivity index (χ1v) is 12.6. The van der Waals surface area contributed by atoms with E-state index in [1.165, 1.54) is 7.11 Å². The Balaban J connectivity index is 1.65. The number of alkyl halides is 2. The first kappa shape index (κ1) is 27.2. The quantitative estimate of drug-likeness (QED) is 0.442. The van der Waals surface area contributed by atoms with E-state index in [1.807, 2.05) is 23.7 Å². The number of aromatic amines is 1. The maximum atomic E-state index is 14.0. The zero-order valence-electron chi connectivity index (χ0n) is 21.9. The second-order valence-electron chi connectivity index (χ2n) is 9.72. The van der Waals surface area contributed by atoms with Crippen LogP contribution in [0, 0.1) is 6.92 Å². The Morgan fingerprint density at radius 3 is 2.54 bits per heavy atom. The molecule has 0 radical (unpaired) electrons. The lowest BCUT2D eigenvalue weighted by Crippen LogP contribution is -2.52. The molecule has 0 saturated carbocycles. The summed E-state index contributed by atoms with van der Waals surface area (Å²) < 4.78 is 39.7. The number of hydrogen-bond donors (Lipinski definition) is 1. The van der Waals surface area contributed by atoms with E-state index >= 15 is 0 Å². The highest BCUT2D eigenvalue weighted by atomic mass is 19.3. The number of benzene rings is 1. The number of carbonyl (C=O) groups is 1. The summed E-state index contributed by atoms with van der Waals surface area (Å²) in [6.45, 7) is 4.87. The topological polar surface area (TPSA) is 92.7 Å². The Bertz CT molecular complexity index is 1310. The number of H-pyrrole nitrogens is 1. The van der Waals surface area contributed by atoms with Gasteiger partial charge in [0.15, 0.2) is 0 Å². The molecule has 1 aromatic carbocycles. The van der Waals surface area contributed by atoms with Crippen LogP contribution in [0.1, 0.15) is 41.7 Å². The number of fused-ring (bicyclic) bond motifs is 3. The molecule has 1 amide bonds. The Hall–Kier alpha value is -2.89. The van der Waals surface area contributed by atoms with E-state index in [1.54, 1.807) is 23.1 Å². The Morgan fingerprint density at radius 2 is 1.89 bits per heavy atom. The molecule has 0 aliphatic carbocycles. The summed E-state index contributed by atoms with van der Waals surface area (Å²) in [4.78, 5) is 32.6. The number of amides is 1. The molecule has 11 heteroatoms. The molecule has 202 valence electrons. The molecule has 1 atom stereocenters. The fourth-order valence-corrected chi connectivity index (χ4v) is 5.12. The van der Waals surface area contributed by atoms with E-state index in [2.05, 4.69) is 21.7 Å².